The van der Waals surface area contributed by atoms with E-state index in [0.717, 1.165) is 34.7 Å². The number of carbonyl (C=O) groups excluding carboxylic acids is 1. The highest BCUT2D eigenvalue weighted by atomic mass is 32.2. The van der Waals surface area contributed by atoms with Gasteiger partial charge in [-0.25, -0.2) is 4.98 Å². The van der Waals surface area contributed by atoms with Gasteiger partial charge in [0.05, 0.1) is 17.1 Å². The third-order valence-corrected chi connectivity index (χ3v) is 6.52. The van der Waals surface area contributed by atoms with Crippen molar-refractivity contribution >= 4 is 34.1 Å². The first-order valence-corrected chi connectivity index (χ1v) is 11.0. The van der Waals surface area contributed by atoms with Crippen LogP contribution < -0.4 is 5.32 Å². The Bertz CT molecular complexity index is 958. The minimum atomic E-state index is -0.0402. The third kappa shape index (κ3) is 4.09. The zero-order valence-electron chi connectivity index (χ0n) is 15.4. The summed E-state index contributed by atoms with van der Waals surface area (Å²) in [5, 5.41) is 9.49. The number of carbonyl (C=O) groups is 1. The molecule has 0 atom stereocenters. The number of hydrogen-bond donors (Lipinski definition) is 1. The Balaban J connectivity index is 1.33. The standard InChI is InChI=1S/C20H21N3O2S2/c1-12-17(13(2)25-23-12)9-26-11-19(24)22-20-21-18(10-27-20)16-7-6-14-4-3-5-15(14)8-16/h6-8,10H,3-5,9,11H2,1-2H3,(H,21,22,24). The largest absolute Gasteiger partial charge is 0.361 e. The van der Waals surface area contributed by atoms with E-state index in [4.69, 9.17) is 4.52 Å². The van der Waals surface area contributed by atoms with E-state index in [1.165, 1.54) is 35.3 Å². The Labute approximate surface area is 166 Å². The highest BCUT2D eigenvalue weighted by Crippen LogP contribution is 2.30. The molecule has 0 saturated heterocycles. The molecule has 7 heteroatoms. The number of rotatable bonds is 6. The molecule has 0 fully saturated rings. The van der Waals surface area contributed by atoms with E-state index in [1.54, 1.807) is 11.8 Å². The lowest BCUT2D eigenvalue weighted by Gasteiger charge is -2.03. The normalized spacial score (nSPS) is 13.0. The number of nitrogens with zero attached hydrogens (tertiary/aromatic N) is 2. The Morgan fingerprint density at radius 3 is 2.96 bits per heavy atom. The van der Waals surface area contributed by atoms with Gasteiger partial charge in [0, 0.05) is 22.3 Å². The summed E-state index contributed by atoms with van der Waals surface area (Å²) in [5.74, 6) is 1.87. The van der Waals surface area contributed by atoms with Crippen LogP contribution in [0.15, 0.2) is 28.1 Å². The van der Waals surface area contributed by atoms with E-state index in [-0.39, 0.29) is 5.91 Å². The Morgan fingerprint density at radius 2 is 2.15 bits per heavy atom. The van der Waals surface area contributed by atoms with Crippen LogP contribution in [-0.4, -0.2) is 21.8 Å². The van der Waals surface area contributed by atoms with E-state index in [9.17, 15) is 4.79 Å². The summed E-state index contributed by atoms with van der Waals surface area (Å²) in [7, 11) is 0. The Morgan fingerprint density at radius 1 is 1.30 bits per heavy atom. The number of thioether (sulfide) groups is 1. The number of benzene rings is 1. The second-order valence-corrected chi connectivity index (χ2v) is 8.56. The van der Waals surface area contributed by atoms with Gasteiger partial charge >= 0.3 is 0 Å². The van der Waals surface area contributed by atoms with Crippen LogP contribution in [-0.2, 0) is 23.4 Å². The molecule has 0 aliphatic heterocycles. The molecule has 4 rings (SSSR count). The number of fused-ring (bicyclic) bond motifs is 1. The molecule has 1 aliphatic rings. The third-order valence-electron chi connectivity index (χ3n) is 4.81. The fraction of sp³-hybridized carbons (Fsp3) is 0.350. The molecular weight excluding hydrogens is 378 g/mol. The predicted octanol–water partition coefficient (Wildman–Crippen LogP) is 4.78. The van der Waals surface area contributed by atoms with E-state index < -0.39 is 0 Å². The number of thiazole rings is 1. The van der Waals surface area contributed by atoms with Gasteiger partial charge in [0.15, 0.2) is 5.13 Å². The smallest absolute Gasteiger partial charge is 0.236 e. The minimum Gasteiger partial charge on any atom is -0.361 e. The van der Waals surface area contributed by atoms with E-state index >= 15 is 0 Å². The summed E-state index contributed by atoms with van der Waals surface area (Å²) in [6, 6.07) is 6.58. The van der Waals surface area contributed by atoms with Crippen LogP contribution in [0.5, 0.6) is 0 Å². The summed E-state index contributed by atoms with van der Waals surface area (Å²) in [5.41, 5.74) is 6.90. The average molecular weight is 400 g/mol. The summed E-state index contributed by atoms with van der Waals surface area (Å²) in [4.78, 5) is 16.8. The number of amides is 1. The summed E-state index contributed by atoms with van der Waals surface area (Å²) in [6.45, 7) is 3.81. The first-order valence-electron chi connectivity index (χ1n) is 8.97. The maximum atomic E-state index is 12.2. The lowest BCUT2D eigenvalue weighted by Crippen LogP contribution is -2.14. The van der Waals surface area contributed by atoms with Crippen molar-refractivity contribution in [2.75, 3.05) is 11.1 Å². The lowest BCUT2D eigenvalue weighted by atomic mass is 10.1. The molecule has 5 nitrogen and oxygen atoms in total. The minimum absolute atomic E-state index is 0.0402. The topological polar surface area (TPSA) is 68.0 Å². The second kappa shape index (κ2) is 7.86. The quantitative estimate of drug-likeness (QED) is 0.646. The summed E-state index contributed by atoms with van der Waals surface area (Å²) < 4.78 is 5.15. The van der Waals surface area contributed by atoms with Gasteiger partial charge < -0.3 is 9.84 Å². The van der Waals surface area contributed by atoms with E-state index in [0.29, 0.717) is 16.6 Å². The molecule has 2 heterocycles. The molecule has 0 unspecified atom stereocenters. The maximum absolute atomic E-state index is 12.2. The molecule has 3 aromatic rings. The van der Waals surface area contributed by atoms with Crippen LogP contribution in [0.4, 0.5) is 5.13 Å². The first kappa shape index (κ1) is 18.3. The van der Waals surface area contributed by atoms with Gasteiger partial charge in [-0.1, -0.05) is 17.3 Å². The predicted molar refractivity (Wildman–Crippen MR) is 110 cm³/mol. The summed E-state index contributed by atoms with van der Waals surface area (Å²) in [6.07, 6.45) is 3.57. The average Bonchev–Trinajstić information content (AvgIpc) is 3.37. The molecule has 1 aliphatic carbocycles. The second-order valence-electron chi connectivity index (χ2n) is 6.72. The van der Waals surface area contributed by atoms with Crippen LogP contribution in [0.2, 0.25) is 0 Å². The van der Waals surface area contributed by atoms with Crippen LogP contribution in [0, 0.1) is 13.8 Å². The molecule has 0 bridgehead atoms. The van der Waals surface area contributed by atoms with Crippen molar-refractivity contribution in [3.05, 3.63) is 51.7 Å². The van der Waals surface area contributed by atoms with Crippen molar-refractivity contribution in [2.24, 2.45) is 0 Å². The van der Waals surface area contributed by atoms with Crippen LogP contribution in [0.1, 0.15) is 34.6 Å². The molecule has 27 heavy (non-hydrogen) atoms. The number of aromatic nitrogens is 2. The van der Waals surface area contributed by atoms with Crippen molar-refractivity contribution in [3.63, 3.8) is 0 Å². The number of nitrogens with one attached hydrogen (secondary N) is 1. The highest BCUT2D eigenvalue weighted by molar-refractivity contribution is 7.99. The molecule has 140 valence electrons. The van der Waals surface area contributed by atoms with Crippen molar-refractivity contribution in [3.8, 4) is 11.3 Å². The molecule has 1 aromatic carbocycles. The lowest BCUT2D eigenvalue weighted by molar-refractivity contribution is -0.113. The van der Waals surface area contributed by atoms with Gasteiger partial charge in [-0.15, -0.1) is 23.1 Å². The monoisotopic (exact) mass is 399 g/mol. The molecule has 1 N–H and O–H groups in total. The van der Waals surface area contributed by atoms with E-state index in [2.05, 4.69) is 33.7 Å². The van der Waals surface area contributed by atoms with Crippen LogP contribution >= 0.6 is 23.1 Å². The molecular formula is C20H21N3O2S2. The molecule has 0 saturated carbocycles. The molecule has 1 amide bonds. The molecule has 0 radical (unpaired) electrons. The zero-order valence-corrected chi connectivity index (χ0v) is 17.0. The fourth-order valence-electron chi connectivity index (χ4n) is 3.30. The Kier molecular flexibility index (Phi) is 5.31. The van der Waals surface area contributed by atoms with Crippen molar-refractivity contribution < 1.29 is 9.32 Å². The highest BCUT2D eigenvalue weighted by Gasteiger charge is 2.14. The maximum Gasteiger partial charge on any atom is 0.236 e. The number of aryl methyl sites for hydroxylation is 4. The van der Waals surface area contributed by atoms with Gasteiger partial charge in [-0.05, 0) is 50.3 Å². The zero-order chi connectivity index (χ0) is 18.8. The van der Waals surface area contributed by atoms with Crippen molar-refractivity contribution in [1.29, 1.82) is 0 Å². The van der Waals surface area contributed by atoms with Gasteiger partial charge in [-0.3, -0.25) is 4.79 Å². The van der Waals surface area contributed by atoms with Crippen LogP contribution in [0.3, 0.4) is 0 Å². The SMILES string of the molecule is Cc1noc(C)c1CSCC(=O)Nc1nc(-c2ccc3c(c2)CCC3)cs1. The Hall–Kier alpha value is -2.12. The van der Waals surface area contributed by atoms with Gasteiger partial charge in [0.2, 0.25) is 5.91 Å². The molecule has 0 spiro atoms. The van der Waals surface area contributed by atoms with Crippen molar-refractivity contribution in [1.82, 2.24) is 10.1 Å². The van der Waals surface area contributed by atoms with Crippen LogP contribution in [0.25, 0.3) is 11.3 Å². The fourth-order valence-corrected chi connectivity index (χ4v) is 5.02. The van der Waals surface area contributed by atoms with Gasteiger partial charge in [0.25, 0.3) is 0 Å². The number of hydrogen-bond acceptors (Lipinski definition) is 6. The van der Waals surface area contributed by atoms with E-state index in [1.807, 2.05) is 19.2 Å². The number of anilines is 1. The van der Waals surface area contributed by atoms with Crippen molar-refractivity contribution in [2.45, 2.75) is 38.9 Å². The molecule has 2 aromatic heterocycles. The van der Waals surface area contributed by atoms with Gasteiger partial charge in [-0.2, -0.15) is 0 Å². The first-order chi connectivity index (χ1) is 13.1. The van der Waals surface area contributed by atoms with Gasteiger partial charge in [0.1, 0.15) is 5.76 Å². The summed E-state index contributed by atoms with van der Waals surface area (Å²) >= 11 is 3.01.